The number of esters is 2. The van der Waals surface area contributed by atoms with Gasteiger partial charge in [0.1, 0.15) is 22.3 Å². The van der Waals surface area contributed by atoms with E-state index in [1.54, 1.807) is 53.7 Å². The lowest BCUT2D eigenvalue weighted by Crippen LogP contribution is -2.30. The van der Waals surface area contributed by atoms with Crippen LogP contribution in [0.1, 0.15) is 83.0 Å². The molecule has 2 heterocycles. The first-order valence-electron chi connectivity index (χ1n) is 9.53. The van der Waals surface area contributed by atoms with Crippen molar-refractivity contribution in [1.29, 1.82) is 0 Å². The molecule has 2 aromatic heterocycles. The average molecular weight is 405 g/mol. The van der Waals surface area contributed by atoms with E-state index in [-0.39, 0.29) is 22.8 Å². The Balaban J connectivity index is 2.73. The van der Waals surface area contributed by atoms with E-state index in [0.717, 1.165) is 0 Å². The summed E-state index contributed by atoms with van der Waals surface area (Å²) in [6.45, 7) is 16.2. The highest BCUT2D eigenvalue weighted by Gasteiger charge is 2.37. The number of hydrogen-bond donors (Lipinski definition) is 1. The van der Waals surface area contributed by atoms with Gasteiger partial charge in [0, 0.05) is 5.54 Å². The molecular weight excluding hydrogens is 374 g/mol. The van der Waals surface area contributed by atoms with Gasteiger partial charge in [-0.1, -0.05) is 0 Å². The number of anilines is 1. The third kappa shape index (κ3) is 6.14. The van der Waals surface area contributed by atoms with E-state index in [9.17, 15) is 9.59 Å². The summed E-state index contributed by atoms with van der Waals surface area (Å²) in [6.07, 6.45) is 1.46. The number of carbonyl (C=O) groups excluding carboxylic acids is 2. The molecule has 0 fully saturated rings. The molecule has 0 radical (unpaired) electrons. The van der Waals surface area contributed by atoms with E-state index in [4.69, 9.17) is 18.3 Å². The van der Waals surface area contributed by atoms with Crippen LogP contribution in [0.5, 0.6) is 0 Å². The van der Waals surface area contributed by atoms with E-state index in [1.165, 1.54) is 6.26 Å². The molecule has 0 spiro atoms. The largest absolute Gasteiger partial charge is 0.461 e. The van der Waals surface area contributed by atoms with E-state index in [1.807, 2.05) is 20.8 Å². The lowest BCUT2D eigenvalue weighted by Gasteiger charge is -2.23. The molecule has 160 valence electrons. The van der Waals surface area contributed by atoms with Gasteiger partial charge in [0.2, 0.25) is 5.88 Å². The standard InChI is InChI=1S/C22H31NO6/c1-20(2,3)23-17-15(19(25)29-22(7,8)9)14(18(24)28-21(4,5)6)16(27-17)13-11-10-12-26-13/h10-12,23H,1-9H3. The van der Waals surface area contributed by atoms with Gasteiger partial charge in [0.05, 0.1) is 6.26 Å². The summed E-state index contributed by atoms with van der Waals surface area (Å²) in [4.78, 5) is 26.2. The van der Waals surface area contributed by atoms with Gasteiger partial charge in [-0.2, -0.15) is 0 Å². The third-order valence-electron chi connectivity index (χ3n) is 3.35. The van der Waals surface area contributed by atoms with Gasteiger partial charge < -0.3 is 23.6 Å². The molecule has 0 saturated heterocycles. The van der Waals surface area contributed by atoms with Crippen molar-refractivity contribution in [3.05, 3.63) is 29.5 Å². The number of nitrogens with one attached hydrogen (secondary N) is 1. The second-order valence-corrected chi connectivity index (χ2v) is 9.87. The fourth-order valence-electron chi connectivity index (χ4n) is 2.49. The predicted octanol–water partition coefficient (Wildman–Crippen LogP) is 5.66. The zero-order chi connectivity index (χ0) is 22.2. The molecule has 0 atom stereocenters. The minimum atomic E-state index is -0.766. The molecule has 0 aliphatic carbocycles. The second kappa shape index (κ2) is 7.61. The molecule has 7 heteroatoms. The Morgan fingerprint density at radius 1 is 0.862 bits per heavy atom. The molecule has 2 rings (SSSR count). The Hall–Kier alpha value is -2.70. The number of furan rings is 2. The molecule has 0 saturated carbocycles. The maximum Gasteiger partial charge on any atom is 0.345 e. The van der Waals surface area contributed by atoms with Gasteiger partial charge in [0.15, 0.2) is 11.5 Å². The van der Waals surface area contributed by atoms with Crippen molar-refractivity contribution in [2.75, 3.05) is 5.32 Å². The topological polar surface area (TPSA) is 90.9 Å². The quantitative estimate of drug-likeness (QED) is 0.656. The normalized spacial score (nSPS) is 12.6. The monoisotopic (exact) mass is 405 g/mol. The maximum atomic E-state index is 13.1. The Labute approximate surface area is 171 Å². The highest BCUT2D eigenvalue weighted by atomic mass is 16.6. The van der Waals surface area contributed by atoms with Gasteiger partial charge in [-0.25, -0.2) is 9.59 Å². The van der Waals surface area contributed by atoms with E-state index in [0.29, 0.717) is 5.76 Å². The SMILES string of the molecule is CC(C)(C)Nc1oc(-c2ccco2)c(C(=O)OC(C)(C)C)c1C(=O)OC(C)(C)C. The minimum Gasteiger partial charge on any atom is -0.461 e. The Kier molecular flexibility index (Phi) is 5.93. The predicted molar refractivity (Wildman–Crippen MR) is 110 cm³/mol. The van der Waals surface area contributed by atoms with E-state index < -0.39 is 28.7 Å². The number of ether oxygens (including phenoxy) is 2. The molecule has 0 amide bonds. The average Bonchev–Trinajstić information content (AvgIpc) is 3.08. The summed E-state index contributed by atoms with van der Waals surface area (Å²) in [5, 5.41) is 3.14. The highest BCUT2D eigenvalue weighted by molar-refractivity contribution is 6.10. The maximum absolute atomic E-state index is 13.1. The first kappa shape index (κ1) is 22.6. The van der Waals surface area contributed by atoms with E-state index in [2.05, 4.69) is 5.32 Å². The van der Waals surface area contributed by atoms with Crippen LogP contribution in [-0.2, 0) is 9.47 Å². The van der Waals surface area contributed by atoms with Crippen LogP contribution in [0.2, 0.25) is 0 Å². The van der Waals surface area contributed by atoms with Crippen molar-refractivity contribution in [2.24, 2.45) is 0 Å². The van der Waals surface area contributed by atoms with Crippen molar-refractivity contribution < 1.29 is 27.9 Å². The van der Waals surface area contributed by atoms with Crippen LogP contribution in [0.15, 0.2) is 27.2 Å². The van der Waals surface area contributed by atoms with Crippen molar-refractivity contribution in [3.8, 4) is 11.5 Å². The van der Waals surface area contributed by atoms with Crippen LogP contribution in [-0.4, -0.2) is 28.7 Å². The summed E-state index contributed by atoms with van der Waals surface area (Å²) < 4.78 is 22.5. The van der Waals surface area contributed by atoms with Gasteiger partial charge in [-0.05, 0) is 74.4 Å². The molecule has 2 aromatic rings. The van der Waals surface area contributed by atoms with E-state index >= 15 is 0 Å². The van der Waals surface area contributed by atoms with Crippen molar-refractivity contribution in [3.63, 3.8) is 0 Å². The summed E-state index contributed by atoms with van der Waals surface area (Å²) in [5.41, 5.74) is -2.02. The first-order valence-corrected chi connectivity index (χ1v) is 9.53. The van der Waals surface area contributed by atoms with Crippen molar-refractivity contribution >= 4 is 17.8 Å². The van der Waals surface area contributed by atoms with Crippen LogP contribution < -0.4 is 5.32 Å². The fraction of sp³-hybridized carbons (Fsp3) is 0.545. The molecule has 0 aliphatic heterocycles. The van der Waals surface area contributed by atoms with Gasteiger partial charge in [-0.3, -0.25) is 0 Å². The summed E-state index contributed by atoms with van der Waals surface area (Å²) in [5.74, 6) is -0.851. The Bertz CT molecular complexity index is 870. The molecule has 1 N–H and O–H groups in total. The second-order valence-electron chi connectivity index (χ2n) is 9.87. The number of rotatable bonds is 4. The Morgan fingerprint density at radius 3 is 1.79 bits per heavy atom. The molecule has 0 aliphatic rings. The lowest BCUT2D eigenvalue weighted by molar-refractivity contribution is 0.00211. The van der Waals surface area contributed by atoms with Crippen molar-refractivity contribution in [1.82, 2.24) is 0 Å². The van der Waals surface area contributed by atoms with Gasteiger partial charge in [0.25, 0.3) is 0 Å². The molecule has 29 heavy (non-hydrogen) atoms. The highest BCUT2D eigenvalue weighted by Crippen LogP contribution is 2.38. The van der Waals surface area contributed by atoms with Gasteiger partial charge >= 0.3 is 11.9 Å². The smallest absolute Gasteiger partial charge is 0.345 e. The molecule has 0 unspecified atom stereocenters. The van der Waals surface area contributed by atoms with Crippen LogP contribution in [0, 0.1) is 0 Å². The van der Waals surface area contributed by atoms with Crippen LogP contribution in [0.4, 0.5) is 5.88 Å². The molecule has 7 nitrogen and oxygen atoms in total. The zero-order valence-corrected chi connectivity index (χ0v) is 18.7. The molecule has 0 aromatic carbocycles. The molecular formula is C22H31NO6. The van der Waals surface area contributed by atoms with Gasteiger partial charge in [-0.15, -0.1) is 0 Å². The fourth-order valence-corrected chi connectivity index (χ4v) is 2.49. The first-order chi connectivity index (χ1) is 13.1. The Morgan fingerprint density at radius 2 is 1.38 bits per heavy atom. The minimum absolute atomic E-state index is 0.0181. The van der Waals surface area contributed by atoms with Crippen molar-refractivity contribution in [2.45, 2.75) is 79.1 Å². The van der Waals surface area contributed by atoms with Crippen LogP contribution in [0.3, 0.4) is 0 Å². The summed E-state index contributed by atoms with van der Waals surface area (Å²) in [7, 11) is 0. The van der Waals surface area contributed by atoms with Crippen LogP contribution in [0.25, 0.3) is 11.5 Å². The number of hydrogen-bond acceptors (Lipinski definition) is 7. The summed E-state index contributed by atoms with van der Waals surface area (Å²) in [6, 6.07) is 3.31. The summed E-state index contributed by atoms with van der Waals surface area (Å²) >= 11 is 0. The lowest BCUT2D eigenvalue weighted by atomic mass is 10.1. The molecule has 0 bridgehead atoms. The zero-order valence-electron chi connectivity index (χ0n) is 18.7. The van der Waals surface area contributed by atoms with Crippen LogP contribution >= 0.6 is 0 Å². The number of carbonyl (C=O) groups is 2. The third-order valence-corrected chi connectivity index (χ3v) is 3.35.